The average Bonchev–Trinajstić information content (AvgIpc) is 2.87. The molecule has 0 spiro atoms. The van der Waals surface area contributed by atoms with E-state index >= 15 is 0 Å². The highest BCUT2D eigenvalue weighted by Crippen LogP contribution is 2.26. The normalized spacial score (nSPS) is 11.6. The summed E-state index contributed by atoms with van der Waals surface area (Å²) in [6.45, 7) is 0. The van der Waals surface area contributed by atoms with Gasteiger partial charge in [-0.25, -0.2) is 27.3 Å². The van der Waals surface area contributed by atoms with Crippen LogP contribution < -0.4 is 10.9 Å². The highest BCUT2D eigenvalue weighted by atomic mass is 79.9. The van der Waals surface area contributed by atoms with E-state index in [0.29, 0.717) is 5.69 Å². The summed E-state index contributed by atoms with van der Waals surface area (Å²) < 4.78 is 43.5. The van der Waals surface area contributed by atoms with Gasteiger partial charge in [-0.3, -0.25) is 0 Å². The zero-order valence-corrected chi connectivity index (χ0v) is 14.3. The van der Waals surface area contributed by atoms with Gasteiger partial charge in [0.15, 0.2) is 0 Å². The van der Waals surface area contributed by atoms with E-state index in [-0.39, 0.29) is 11.3 Å². The van der Waals surface area contributed by atoms with E-state index < -0.39 is 26.5 Å². The molecule has 0 amide bonds. The molecular weight excluding hydrogens is 403 g/mol. The number of aromatic nitrogens is 1. The number of hydrogen-bond donors (Lipinski definition) is 1. The van der Waals surface area contributed by atoms with Gasteiger partial charge in [0, 0.05) is 10.0 Å². The highest BCUT2D eigenvalue weighted by Gasteiger charge is 2.18. The quantitative estimate of drug-likeness (QED) is 0.714. The van der Waals surface area contributed by atoms with Crippen molar-refractivity contribution < 1.29 is 17.2 Å². The summed E-state index contributed by atoms with van der Waals surface area (Å²) in [5.74, 6) is -1.66. The lowest BCUT2D eigenvalue weighted by molar-refractivity contribution is 0.504. The summed E-state index contributed by atoms with van der Waals surface area (Å²) >= 11 is 3.31. The Morgan fingerprint density at radius 2 is 1.92 bits per heavy atom. The molecule has 2 aromatic carbocycles. The van der Waals surface area contributed by atoms with E-state index in [1.165, 1.54) is 16.9 Å². The maximum atomic E-state index is 14.1. The monoisotopic (exact) mass is 412 g/mol. The van der Waals surface area contributed by atoms with Crippen molar-refractivity contribution in [3.05, 3.63) is 69.6 Å². The van der Waals surface area contributed by atoms with Crippen molar-refractivity contribution >= 4 is 26.0 Å². The van der Waals surface area contributed by atoms with Gasteiger partial charge in [0.25, 0.3) is 0 Å². The fourth-order valence-corrected chi connectivity index (χ4v) is 3.23. The van der Waals surface area contributed by atoms with Crippen molar-refractivity contribution in [2.75, 3.05) is 0 Å². The van der Waals surface area contributed by atoms with Gasteiger partial charge in [0.2, 0.25) is 10.0 Å². The molecule has 9 heteroatoms. The lowest BCUT2D eigenvalue weighted by Crippen LogP contribution is -2.15. The molecule has 1 aromatic heterocycles. The molecule has 0 radical (unpaired) electrons. The second-order valence-corrected chi connectivity index (χ2v) is 7.34. The minimum absolute atomic E-state index is 0.269. The number of halogens is 2. The predicted octanol–water partition coefficient (Wildman–Crippen LogP) is 2.65. The second kappa shape index (κ2) is 6.00. The Balaban J connectivity index is 2.19. The number of benzene rings is 2. The smallest absolute Gasteiger partial charge is 0.415 e. The maximum Gasteiger partial charge on any atom is 0.424 e. The first kappa shape index (κ1) is 16.6. The van der Waals surface area contributed by atoms with Crippen molar-refractivity contribution in [2.45, 2.75) is 4.90 Å². The Kier molecular flexibility index (Phi) is 4.16. The Morgan fingerprint density at radius 1 is 1.17 bits per heavy atom. The summed E-state index contributed by atoms with van der Waals surface area (Å²) in [4.78, 5) is 11.4. The van der Waals surface area contributed by atoms with Crippen molar-refractivity contribution in [1.82, 2.24) is 4.57 Å². The first-order chi connectivity index (χ1) is 11.3. The molecule has 24 heavy (non-hydrogen) atoms. The van der Waals surface area contributed by atoms with E-state index in [2.05, 4.69) is 15.9 Å². The highest BCUT2D eigenvalue weighted by molar-refractivity contribution is 9.10. The van der Waals surface area contributed by atoms with Crippen LogP contribution in [0.25, 0.3) is 16.9 Å². The largest absolute Gasteiger partial charge is 0.424 e. The minimum atomic E-state index is -4.17. The summed E-state index contributed by atoms with van der Waals surface area (Å²) in [7, 11) is -4.17. The van der Waals surface area contributed by atoms with Crippen LogP contribution in [0.3, 0.4) is 0 Å². The first-order valence-electron chi connectivity index (χ1n) is 6.56. The van der Waals surface area contributed by atoms with Crippen LogP contribution in [0.4, 0.5) is 4.39 Å². The van der Waals surface area contributed by atoms with Crippen LogP contribution >= 0.6 is 15.9 Å². The molecule has 3 rings (SSSR count). The molecule has 0 fully saturated rings. The molecule has 0 saturated carbocycles. The van der Waals surface area contributed by atoms with E-state index in [9.17, 15) is 17.6 Å². The molecule has 0 aliphatic heterocycles. The molecule has 0 atom stereocenters. The van der Waals surface area contributed by atoms with Gasteiger partial charge in [-0.15, -0.1) is 0 Å². The van der Waals surface area contributed by atoms with Crippen LogP contribution in [0.5, 0.6) is 0 Å². The standard InChI is InChI=1S/C15H10BrFN2O4S/c16-10-2-1-3-11(7-10)19-13(8-23-15(19)20)9-4-5-14(12(17)6-9)24(18,21)22/h1-8H,(H2,18,21,22). The molecule has 2 N–H and O–H groups in total. The minimum Gasteiger partial charge on any atom is -0.415 e. The number of rotatable bonds is 3. The van der Waals surface area contributed by atoms with E-state index in [1.54, 1.807) is 24.3 Å². The van der Waals surface area contributed by atoms with Crippen LogP contribution in [0.15, 0.2) is 67.3 Å². The van der Waals surface area contributed by atoms with Gasteiger partial charge in [0.1, 0.15) is 17.0 Å². The van der Waals surface area contributed by atoms with E-state index in [0.717, 1.165) is 16.6 Å². The van der Waals surface area contributed by atoms with Crippen LogP contribution in [0, 0.1) is 5.82 Å². The zero-order chi connectivity index (χ0) is 17.5. The van der Waals surface area contributed by atoms with Gasteiger partial charge in [-0.1, -0.05) is 28.1 Å². The third-order valence-electron chi connectivity index (χ3n) is 3.30. The number of primary sulfonamides is 1. The Labute approximate surface area is 144 Å². The van der Waals surface area contributed by atoms with Crippen LogP contribution in [0.1, 0.15) is 0 Å². The van der Waals surface area contributed by atoms with Crippen molar-refractivity contribution in [1.29, 1.82) is 0 Å². The summed E-state index contributed by atoms with van der Waals surface area (Å²) in [6, 6.07) is 10.3. The van der Waals surface area contributed by atoms with Crippen molar-refractivity contribution in [3.8, 4) is 16.9 Å². The Bertz CT molecular complexity index is 1090. The molecule has 6 nitrogen and oxygen atoms in total. The lowest BCUT2D eigenvalue weighted by atomic mass is 10.1. The number of sulfonamides is 1. The molecule has 0 unspecified atom stereocenters. The molecule has 3 aromatic rings. The maximum absolute atomic E-state index is 14.1. The van der Waals surface area contributed by atoms with Crippen molar-refractivity contribution in [3.63, 3.8) is 0 Å². The average molecular weight is 413 g/mol. The Hall–Kier alpha value is -2.23. The van der Waals surface area contributed by atoms with Crippen LogP contribution in [0.2, 0.25) is 0 Å². The zero-order valence-electron chi connectivity index (χ0n) is 11.9. The van der Waals surface area contributed by atoms with Crippen LogP contribution in [-0.2, 0) is 10.0 Å². The lowest BCUT2D eigenvalue weighted by Gasteiger charge is -2.08. The van der Waals surface area contributed by atoms with E-state index in [4.69, 9.17) is 9.56 Å². The van der Waals surface area contributed by atoms with Gasteiger partial charge in [0.05, 0.1) is 11.4 Å². The molecule has 0 aliphatic rings. The summed E-state index contributed by atoms with van der Waals surface area (Å²) in [6.07, 6.45) is 1.18. The molecule has 0 aliphatic carbocycles. The SMILES string of the molecule is NS(=O)(=O)c1ccc(-c2coc(=O)n2-c2cccc(Br)c2)cc1F. The molecule has 0 saturated heterocycles. The molecule has 124 valence electrons. The van der Waals surface area contributed by atoms with Gasteiger partial charge in [-0.05, 0) is 30.3 Å². The first-order valence-corrected chi connectivity index (χ1v) is 8.90. The van der Waals surface area contributed by atoms with Crippen LogP contribution in [-0.4, -0.2) is 13.0 Å². The Morgan fingerprint density at radius 3 is 2.54 bits per heavy atom. The number of oxazole rings is 1. The van der Waals surface area contributed by atoms with Gasteiger partial charge >= 0.3 is 5.76 Å². The molecule has 0 bridgehead atoms. The number of hydrogen-bond acceptors (Lipinski definition) is 4. The number of nitrogens with two attached hydrogens (primary N) is 1. The summed E-state index contributed by atoms with van der Waals surface area (Å²) in [5, 5.41) is 4.94. The fourth-order valence-electron chi connectivity index (χ4n) is 2.26. The summed E-state index contributed by atoms with van der Waals surface area (Å²) in [5.41, 5.74) is 1.05. The third kappa shape index (κ3) is 3.05. The van der Waals surface area contributed by atoms with Crippen molar-refractivity contribution in [2.24, 2.45) is 5.14 Å². The fraction of sp³-hybridized carbons (Fsp3) is 0. The number of nitrogens with zero attached hydrogens (tertiary/aromatic N) is 1. The van der Waals surface area contributed by atoms with Gasteiger partial charge < -0.3 is 4.42 Å². The molecular formula is C15H10BrFN2O4S. The van der Waals surface area contributed by atoms with Gasteiger partial charge in [-0.2, -0.15) is 0 Å². The predicted molar refractivity (Wildman–Crippen MR) is 88.8 cm³/mol. The molecule has 1 heterocycles. The third-order valence-corrected chi connectivity index (χ3v) is 4.73. The second-order valence-electron chi connectivity index (χ2n) is 4.89. The topological polar surface area (TPSA) is 95.3 Å². The van der Waals surface area contributed by atoms with E-state index in [1.807, 2.05) is 0 Å².